The van der Waals surface area contributed by atoms with Crippen molar-refractivity contribution in [1.82, 2.24) is 29.9 Å². The van der Waals surface area contributed by atoms with E-state index in [4.69, 9.17) is 4.98 Å². The van der Waals surface area contributed by atoms with Crippen molar-refractivity contribution in [1.29, 1.82) is 0 Å². The summed E-state index contributed by atoms with van der Waals surface area (Å²) in [6, 6.07) is 9.81. The van der Waals surface area contributed by atoms with Crippen LogP contribution >= 0.6 is 0 Å². The molecule has 0 aliphatic carbocycles. The van der Waals surface area contributed by atoms with Crippen LogP contribution in [0.4, 0.5) is 11.8 Å². The van der Waals surface area contributed by atoms with E-state index in [1.54, 1.807) is 12.4 Å². The van der Waals surface area contributed by atoms with E-state index >= 15 is 0 Å². The number of piperidine rings is 1. The van der Waals surface area contributed by atoms with Crippen molar-refractivity contribution in [2.75, 3.05) is 43.5 Å². The van der Waals surface area contributed by atoms with Gasteiger partial charge in [0.15, 0.2) is 0 Å². The quantitative estimate of drug-likeness (QED) is 0.639. The number of para-hydroxylation sites is 1. The van der Waals surface area contributed by atoms with Gasteiger partial charge in [-0.25, -0.2) is 4.98 Å². The molecule has 5 rings (SSSR count). The van der Waals surface area contributed by atoms with Crippen molar-refractivity contribution in [3.05, 3.63) is 54.0 Å². The van der Waals surface area contributed by atoms with E-state index < -0.39 is 0 Å². The minimum Gasteiger partial charge on any atom is -0.351 e. The van der Waals surface area contributed by atoms with Crippen molar-refractivity contribution in [3.63, 3.8) is 0 Å². The fourth-order valence-electron chi connectivity index (χ4n) is 4.47. The minimum atomic E-state index is 0.0195. The zero-order chi connectivity index (χ0) is 21.5. The van der Waals surface area contributed by atoms with Crippen LogP contribution in [0.3, 0.4) is 0 Å². The van der Waals surface area contributed by atoms with E-state index in [1.807, 2.05) is 61.2 Å². The van der Waals surface area contributed by atoms with Gasteiger partial charge in [0, 0.05) is 51.4 Å². The van der Waals surface area contributed by atoms with Gasteiger partial charge in [0.2, 0.25) is 5.95 Å². The summed E-state index contributed by atoms with van der Waals surface area (Å²) in [5, 5.41) is 8.41. The molecule has 2 atom stereocenters. The Hall–Kier alpha value is -3.49. The number of amides is 1. The van der Waals surface area contributed by atoms with Crippen LogP contribution < -0.4 is 9.80 Å². The maximum Gasteiger partial charge on any atom is 0.256 e. The van der Waals surface area contributed by atoms with Crippen molar-refractivity contribution >= 4 is 17.7 Å². The van der Waals surface area contributed by atoms with Gasteiger partial charge in [-0.1, -0.05) is 12.1 Å². The van der Waals surface area contributed by atoms with E-state index in [2.05, 4.69) is 20.1 Å². The first-order chi connectivity index (χ1) is 15.0. The van der Waals surface area contributed by atoms with Crippen molar-refractivity contribution in [3.8, 4) is 5.69 Å². The lowest BCUT2D eigenvalue weighted by Crippen LogP contribution is -2.65. The first kappa shape index (κ1) is 19.5. The number of carbonyl (C=O) groups excluding carboxylic acids is 1. The predicted octanol–water partition coefficient (Wildman–Crippen LogP) is 1.78. The van der Waals surface area contributed by atoms with Gasteiger partial charge >= 0.3 is 0 Å². The normalized spacial score (nSPS) is 20.2. The molecule has 0 N–H and O–H groups in total. The summed E-state index contributed by atoms with van der Waals surface area (Å²) in [5.41, 5.74) is 2.27. The zero-order valence-electron chi connectivity index (χ0n) is 18.0. The molecule has 1 aromatic carbocycles. The summed E-state index contributed by atoms with van der Waals surface area (Å²) in [4.78, 5) is 30.4. The lowest BCUT2D eigenvalue weighted by atomic mass is 9.82. The molecule has 1 amide bonds. The lowest BCUT2D eigenvalue weighted by molar-refractivity contribution is 0.0591. The van der Waals surface area contributed by atoms with Crippen LogP contribution in [0.5, 0.6) is 0 Å². The van der Waals surface area contributed by atoms with Crippen LogP contribution in [0.15, 0.2) is 42.7 Å². The second kappa shape index (κ2) is 7.64. The Labute approximate surface area is 181 Å². The number of carbonyl (C=O) groups is 1. The molecule has 0 bridgehead atoms. The number of aryl methyl sites for hydroxylation is 1. The number of benzene rings is 1. The maximum absolute atomic E-state index is 13.4. The molecule has 31 heavy (non-hydrogen) atoms. The third-order valence-corrected chi connectivity index (χ3v) is 6.13. The van der Waals surface area contributed by atoms with E-state index in [-0.39, 0.29) is 11.9 Å². The van der Waals surface area contributed by atoms with Gasteiger partial charge in [0.05, 0.1) is 29.7 Å². The minimum absolute atomic E-state index is 0.0195. The molecule has 3 aromatic rings. The van der Waals surface area contributed by atoms with Crippen molar-refractivity contribution < 1.29 is 4.79 Å². The highest BCUT2D eigenvalue weighted by Crippen LogP contribution is 2.36. The first-order valence-corrected chi connectivity index (χ1v) is 10.6. The monoisotopic (exact) mass is 418 g/mol. The molecule has 9 heteroatoms. The molecule has 160 valence electrons. The number of hydrogen-bond acceptors (Lipinski definition) is 7. The van der Waals surface area contributed by atoms with E-state index in [1.165, 1.54) is 4.80 Å². The lowest BCUT2D eigenvalue weighted by Gasteiger charge is -2.54. The van der Waals surface area contributed by atoms with Gasteiger partial charge in [-0.15, -0.1) is 0 Å². The highest BCUT2D eigenvalue weighted by Gasteiger charge is 2.44. The van der Waals surface area contributed by atoms with Gasteiger partial charge in [0.25, 0.3) is 5.91 Å². The number of nitrogens with zero attached hydrogens (tertiary/aromatic N) is 8. The highest BCUT2D eigenvalue weighted by atomic mass is 16.2. The summed E-state index contributed by atoms with van der Waals surface area (Å²) >= 11 is 0. The van der Waals surface area contributed by atoms with Crippen LogP contribution in [0, 0.1) is 12.8 Å². The Morgan fingerprint density at radius 1 is 1.10 bits per heavy atom. The summed E-state index contributed by atoms with van der Waals surface area (Å²) < 4.78 is 0. The van der Waals surface area contributed by atoms with Crippen LogP contribution in [0.2, 0.25) is 0 Å². The molecular formula is C22H26N8O. The fraction of sp³-hybridized carbons (Fsp3) is 0.409. The molecule has 0 spiro atoms. The van der Waals surface area contributed by atoms with E-state index in [0.717, 1.165) is 31.0 Å². The third kappa shape index (κ3) is 3.49. The Morgan fingerprint density at radius 2 is 1.87 bits per heavy atom. The summed E-state index contributed by atoms with van der Waals surface area (Å²) in [5.74, 6) is 2.26. The molecule has 2 aromatic heterocycles. The molecule has 2 aliphatic rings. The van der Waals surface area contributed by atoms with Gasteiger partial charge in [-0.05, 0) is 25.5 Å². The Kier molecular flexibility index (Phi) is 4.80. The van der Waals surface area contributed by atoms with Crippen LogP contribution in [-0.4, -0.2) is 75.5 Å². The molecule has 2 saturated heterocycles. The Balaban J connectivity index is 1.37. The summed E-state index contributed by atoms with van der Waals surface area (Å²) in [6.07, 6.45) is 4.23. The molecule has 0 saturated carbocycles. The van der Waals surface area contributed by atoms with E-state index in [0.29, 0.717) is 29.7 Å². The van der Waals surface area contributed by atoms with Crippen molar-refractivity contribution in [2.45, 2.75) is 19.4 Å². The van der Waals surface area contributed by atoms with Crippen molar-refractivity contribution in [2.24, 2.45) is 5.92 Å². The number of fused-ring (bicyclic) bond motifs is 1. The molecule has 2 aliphatic heterocycles. The second-order valence-corrected chi connectivity index (χ2v) is 8.42. The largest absolute Gasteiger partial charge is 0.351 e. The third-order valence-electron chi connectivity index (χ3n) is 6.13. The average Bonchev–Trinajstić information content (AvgIpc) is 3.28. The smallest absolute Gasteiger partial charge is 0.256 e. The Bertz CT molecular complexity index is 1100. The summed E-state index contributed by atoms with van der Waals surface area (Å²) in [6.45, 7) is 4.42. The van der Waals surface area contributed by atoms with E-state index in [9.17, 15) is 4.79 Å². The maximum atomic E-state index is 13.4. The first-order valence-electron chi connectivity index (χ1n) is 10.6. The van der Waals surface area contributed by atoms with Crippen LogP contribution in [0.25, 0.3) is 5.69 Å². The number of anilines is 2. The topological polar surface area (TPSA) is 83.3 Å². The Morgan fingerprint density at radius 3 is 2.65 bits per heavy atom. The van der Waals surface area contributed by atoms with Gasteiger partial charge < -0.3 is 14.7 Å². The molecule has 0 radical (unpaired) electrons. The number of likely N-dealkylation sites (tertiary alicyclic amines) is 1. The van der Waals surface area contributed by atoms with Crippen LogP contribution in [-0.2, 0) is 0 Å². The van der Waals surface area contributed by atoms with Gasteiger partial charge in [-0.2, -0.15) is 20.0 Å². The van der Waals surface area contributed by atoms with Gasteiger partial charge in [-0.3, -0.25) is 4.79 Å². The number of hydrogen-bond donors (Lipinski definition) is 0. The van der Waals surface area contributed by atoms with Gasteiger partial charge in [0.1, 0.15) is 5.82 Å². The molecule has 9 nitrogen and oxygen atoms in total. The molecule has 2 fully saturated rings. The predicted molar refractivity (Wildman–Crippen MR) is 118 cm³/mol. The molecule has 4 heterocycles. The zero-order valence-corrected chi connectivity index (χ0v) is 18.0. The second-order valence-electron chi connectivity index (χ2n) is 8.42. The molecule has 2 unspecified atom stereocenters. The summed E-state index contributed by atoms with van der Waals surface area (Å²) in [7, 11) is 3.90. The number of rotatable bonds is 4. The number of aromatic nitrogens is 5. The fourth-order valence-corrected chi connectivity index (χ4v) is 4.47. The standard InChI is InChI=1S/C22H26N8O/c1-15-12-20(26-22(25-15)27(2)3)29-13-16-8-11-28(14-19(16)29)21(31)17-6-4-5-7-18(17)30-23-9-10-24-30/h4-7,9-10,12,16,19H,8,11,13-14H2,1-3H3. The average molecular weight is 419 g/mol. The molecular weight excluding hydrogens is 392 g/mol. The SMILES string of the molecule is Cc1cc(N2CC3CCN(C(=O)c4ccccc4-n4nccn4)CC32)nc(N(C)C)n1. The van der Waals surface area contributed by atoms with Crippen LogP contribution in [0.1, 0.15) is 22.5 Å². The highest BCUT2D eigenvalue weighted by molar-refractivity contribution is 5.97.